The summed E-state index contributed by atoms with van der Waals surface area (Å²) < 4.78 is 5.44. The molecule has 0 bridgehead atoms. The van der Waals surface area contributed by atoms with Gasteiger partial charge in [-0.05, 0) is 62.4 Å². The van der Waals surface area contributed by atoms with Gasteiger partial charge >= 0.3 is 0 Å². The number of para-hydroxylation sites is 1. The quantitative estimate of drug-likeness (QED) is 0.493. The highest BCUT2D eigenvalue weighted by atomic mass is 35.5. The smallest absolute Gasteiger partial charge is 0.225 e. The van der Waals surface area contributed by atoms with Crippen LogP contribution in [-0.2, 0) is 6.54 Å². The molecule has 32 heavy (non-hydrogen) atoms. The van der Waals surface area contributed by atoms with E-state index in [-0.39, 0.29) is 0 Å². The minimum absolute atomic E-state index is 0.416. The Hall–Kier alpha value is -2.57. The van der Waals surface area contributed by atoms with Gasteiger partial charge in [-0.3, -0.25) is 0 Å². The standard InChI is InChI=1S/C25H32ClN5O/c1-31(2)24-21-6-4-5-7-22(21)29-25(30-24)28-20-12-8-17(9-13-20)15-27-16-18-10-11-19(26)14-23(18)32-3/h4-7,10-11,14,17,20,27H,8-9,12-13,15-16H2,1-3H3,(H,28,29,30). The van der Waals surface area contributed by atoms with Crippen LogP contribution in [0.4, 0.5) is 11.8 Å². The summed E-state index contributed by atoms with van der Waals surface area (Å²) in [5.41, 5.74) is 2.11. The largest absolute Gasteiger partial charge is 0.496 e. The number of fused-ring (bicyclic) bond motifs is 1. The van der Waals surface area contributed by atoms with Crippen LogP contribution in [0.5, 0.6) is 5.75 Å². The molecule has 0 atom stereocenters. The molecule has 1 aliphatic carbocycles. The molecule has 6 nitrogen and oxygen atoms in total. The van der Waals surface area contributed by atoms with Gasteiger partial charge in [-0.1, -0.05) is 29.8 Å². The summed E-state index contributed by atoms with van der Waals surface area (Å²) >= 11 is 6.06. The molecule has 170 valence electrons. The second kappa shape index (κ2) is 10.4. The van der Waals surface area contributed by atoms with E-state index in [0.717, 1.165) is 59.9 Å². The minimum Gasteiger partial charge on any atom is -0.496 e. The number of rotatable bonds is 8. The molecule has 0 unspecified atom stereocenters. The Labute approximate surface area is 195 Å². The molecule has 1 fully saturated rings. The van der Waals surface area contributed by atoms with Crippen molar-refractivity contribution in [3.63, 3.8) is 0 Å². The lowest BCUT2D eigenvalue weighted by Gasteiger charge is -2.29. The normalized spacial score (nSPS) is 18.5. The Morgan fingerprint density at radius 3 is 2.59 bits per heavy atom. The molecule has 1 aliphatic rings. The van der Waals surface area contributed by atoms with Crippen LogP contribution >= 0.6 is 11.6 Å². The maximum absolute atomic E-state index is 6.06. The molecule has 0 radical (unpaired) electrons. The fraction of sp³-hybridized carbons (Fsp3) is 0.440. The van der Waals surface area contributed by atoms with Crippen molar-refractivity contribution in [2.75, 3.05) is 38.0 Å². The zero-order chi connectivity index (χ0) is 22.5. The van der Waals surface area contributed by atoms with Gasteiger partial charge in [0.15, 0.2) is 0 Å². The number of nitrogens with one attached hydrogen (secondary N) is 2. The van der Waals surface area contributed by atoms with Crippen LogP contribution in [0.3, 0.4) is 0 Å². The van der Waals surface area contributed by atoms with Crippen molar-refractivity contribution >= 4 is 34.3 Å². The highest BCUT2D eigenvalue weighted by Gasteiger charge is 2.22. The van der Waals surface area contributed by atoms with Crippen molar-refractivity contribution in [1.82, 2.24) is 15.3 Å². The van der Waals surface area contributed by atoms with Gasteiger partial charge in [0.25, 0.3) is 0 Å². The van der Waals surface area contributed by atoms with Gasteiger partial charge in [0.2, 0.25) is 5.95 Å². The van der Waals surface area contributed by atoms with Crippen molar-refractivity contribution in [2.24, 2.45) is 5.92 Å². The first-order valence-corrected chi connectivity index (χ1v) is 11.6. The van der Waals surface area contributed by atoms with E-state index in [9.17, 15) is 0 Å². The summed E-state index contributed by atoms with van der Waals surface area (Å²) in [5, 5.41) is 8.97. The molecule has 1 aromatic heterocycles. The van der Waals surface area contributed by atoms with Crippen molar-refractivity contribution in [2.45, 2.75) is 38.3 Å². The predicted octanol–water partition coefficient (Wildman–Crippen LogP) is 5.12. The minimum atomic E-state index is 0.416. The van der Waals surface area contributed by atoms with Crippen molar-refractivity contribution < 1.29 is 4.74 Å². The van der Waals surface area contributed by atoms with Crippen LogP contribution in [0.2, 0.25) is 5.02 Å². The Morgan fingerprint density at radius 1 is 1.06 bits per heavy atom. The second-order valence-electron chi connectivity index (χ2n) is 8.73. The summed E-state index contributed by atoms with van der Waals surface area (Å²) in [6, 6.07) is 14.4. The molecule has 2 N–H and O–H groups in total. The summed E-state index contributed by atoms with van der Waals surface area (Å²) in [4.78, 5) is 11.6. The zero-order valence-electron chi connectivity index (χ0n) is 19.1. The number of aromatic nitrogens is 2. The van der Waals surface area contributed by atoms with E-state index in [1.807, 2.05) is 55.4 Å². The van der Waals surface area contributed by atoms with E-state index in [2.05, 4.69) is 16.7 Å². The summed E-state index contributed by atoms with van der Waals surface area (Å²) in [6.45, 7) is 1.80. The number of hydrogen-bond donors (Lipinski definition) is 2. The maximum Gasteiger partial charge on any atom is 0.225 e. The first-order valence-electron chi connectivity index (χ1n) is 11.3. The van der Waals surface area contributed by atoms with Crippen LogP contribution in [0.25, 0.3) is 10.9 Å². The van der Waals surface area contributed by atoms with Crippen molar-refractivity contribution in [1.29, 1.82) is 0 Å². The lowest BCUT2D eigenvalue weighted by atomic mass is 9.86. The van der Waals surface area contributed by atoms with Crippen LogP contribution in [0, 0.1) is 5.92 Å². The van der Waals surface area contributed by atoms with Gasteiger partial charge in [-0.25, -0.2) is 4.98 Å². The molecule has 1 heterocycles. The molecule has 7 heteroatoms. The first kappa shape index (κ1) is 22.6. The van der Waals surface area contributed by atoms with Gasteiger partial charge in [0.05, 0.1) is 12.6 Å². The molecule has 4 rings (SSSR count). The lowest BCUT2D eigenvalue weighted by Crippen LogP contribution is -2.31. The van der Waals surface area contributed by atoms with E-state index in [1.165, 1.54) is 12.8 Å². The third-order valence-corrected chi connectivity index (χ3v) is 6.42. The molecule has 0 saturated heterocycles. The second-order valence-corrected chi connectivity index (χ2v) is 9.17. The molecule has 0 amide bonds. The average molecular weight is 454 g/mol. The van der Waals surface area contributed by atoms with E-state index >= 15 is 0 Å². The Kier molecular flexibility index (Phi) is 7.33. The van der Waals surface area contributed by atoms with Gasteiger partial charge in [0.1, 0.15) is 11.6 Å². The summed E-state index contributed by atoms with van der Waals surface area (Å²) in [6.07, 6.45) is 4.64. The number of methoxy groups -OCH3 is 1. The van der Waals surface area contributed by atoms with Gasteiger partial charge < -0.3 is 20.3 Å². The first-order chi connectivity index (χ1) is 15.5. The van der Waals surface area contributed by atoms with Gasteiger partial charge in [-0.2, -0.15) is 4.98 Å². The number of benzene rings is 2. The van der Waals surface area contributed by atoms with Gasteiger partial charge in [-0.15, -0.1) is 0 Å². The third kappa shape index (κ3) is 5.43. The van der Waals surface area contributed by atoms with E-state index in [1.54, 1.807) is 7.11 Å². The Balaban J connectivity index is 1.29. The molecule has 1 saturated carbocycles. The predicted molar refractivity (Wildman–Crippen MR) is 133 cm³/mol. The lowest BCUT2D eigenvalue weighted by molar-refractivity contribution is 0.322. The van der Waals surface area contributed by atoms with Crippen LogP contribution in [0.1, 0.15) is 31.2 Å². The van der Waals surface area contributed by atoms with E-state index < -0.39 is 0 Å². The SMILES string of the molecule is COc1cc(Cl)ccc1CNCC1CCC(Nc2nc(N(C)C)c3ccccc3n2)CC1. The zero-order valence-corrected chi connectivity index (χ0v) is 19.8. The third-order valence-electron chi connectivity index (χ3n) is 6.18. The molecular weight excluding hydrogens is 422 g/mol. The molecule has 3 aromatic rings. The van der Waals surface area contributed by atoms with Gasteiger partial charge in [0, 0.05) is 42.7 Å². The Bertz CT molecular complexity index is 1050. The molecule has 0 spiro atoms. The van der Waals surface area contributed by atoms with E-state index in [0.29, 0.717) is 17.0 Å². The van der Waals surface area contributed by atoms with E-state index in [4.69, 9.17) is 26.3 Å². The number of hydrogen-bond acceptors (Lipinski definition) is 6. The topological polar surface area (TPSA) is 62.3 Å². The summed E-state index contributed by atoms with van der Waals surface area (Å²) in [7, 11) is 5.73. The maximum atomic E-state index is 6.06. The average Bonchev–Trinajstić information content (AvgIpc) is 2.80. The number of nitrogens with zero attached hydrogens (tertiary/aromatic N) is 3. The monoisotopic (exact) mass is 453 g/mol. The number of ether oxygens (including phenoxy) is 1. The van der Waals surface area contributed by atoms with Crippen LogP contribution in [-0.4, -0.2) is 43.8 Å². The summed E-state index contributed by atoms with van der Waals surface area (Å²) in [5.74, 6) is 3.20. The number of halogens is 1. The highest BCUT2D eigenvalue weighted by Crippen LogP contribution is 2.28. The van der Waals surface area contributed by atoms with Crippen molar-refractivity contribution in [3.8, 4) is 5.75 Å². The van der Waals surface area contributed by atoms with Crippen molar-refractivity contribution in [3.05, 3.63) is 53.1 Å². The Morgan fingerprint density at radius 2 is 1.84 bits per heavy atom. The number of anilines is 2. The molecule has 0 aliphatic heterocycles. The van der Waals surface area contributed by atoms with Crippen LogP contribution < -0.4 is 20.3 Å². The fourth-order valence-electron chi connectivity index (χ4n) is 4.43. The molecular formula is C25H32ClN5O. The van der Waals surface area contributed by atoms with Crippen LogP contribution in [0.15, 0.2) is 42.5 Å². The highest BCUT2D eigenvalue weighted by molar-refractivity contribution is 6.30. The molecule has 2 aromatic carbocycles. The fourth-order valence-corrected chi connectivity index (χ4v) is 4.60.